The van der Waals surface area contributed by atoms with Gasteiger partial charge in [-0.2, -0.15) is 0 Å². The molecule has 34 heavy (non-hydrogen) atoms. The maximum Gasteiger partial charge on any atom is 0.336 e. The summed E-state index contributed by atoms with van der Waals surface area (Å²) in [7, 11) is 3.00. The smallest absolute Gasteiger partial charge is 0.336 e. The Kier molecular flexibility index (Phi) is 6.51. The first-order valence-corrected chi connectivity index (χ1v) is 11.4. The highest BCUT2D eigenvalue weighted by Gasteiger charge is 2.42. The lowest BCUT2D eigenvalue weighted by Crippen LogP contribution is -2.38. The third kappa shape index (κ3) is 4.72. The molecule has 1 N–H and O–H groups in total. The van der Waals surface area contributed by atoms with E-state index in [-0.39, 0.29) is 11.2 Å². The summed E-state index contributed by atoms with van der Waals surface area (Å²) in [6, 6.07) is 15.3. The van der Waals surface area contributed by atoms with Crippen molar-refractivity contribution < 1.29 is 23.8 Å². The molecule has 0 saturated carbocycles. The number of hydrogen-bond donors (Lipinski definition) is 1. The van der Waals surface area contributed by atoms with Crippen LogP contribution in [0.4, 0.5) is 0 Å². The van der Waals surface area contributed by atoms with Crippen LogP contribution in [0.1, 0.15) is 50.7 Å². The van der Waals surface area contributed by atoms with Crippen LogP contribution in [0, 0.1) is 5.41 Å². The zero-order valence-electron chi connectivity index (χ0n) is 20.4. The van der Waals surface area contributed by atoms with Crippen LogP contribution < -0.4 is 14.8 Å². The number of Topliss-reactive ketones (excluding diaryl/α,β-unsaturated/α-hetero) is 1. The Hall–Kier alpha value is -3.54. The Bertz CT molecular complexity index is 1160. The topological polar surface area (TPSA) is 73.9 Å². The lowest BCUT2D eigenvalue weighted by atomic mass is 9.68. The summed E-state index contributed by atoms with van der Waals surface area (Å²) in [6.07, 6.45) is 1.19. The highest BCUT2D eigenvalue weighted by atomic mass is 16.5. The Morgan fingerprint density at radius 1 is 1.00 bits per heavy atom. The maximum absolute atomic E-state index is 13.3. The van der Waals surface area contributed by atoms with Crippen LogP contribution in [0.3, 0.4) is 0 Å². The van der Waals surface area contributed by atoms with Crippen molar-refractivity contribution in [2.24, 2.45) is 5.41 Å². The average molecular weight is 462 g/mol. The van der Waals surface area contributed by atoms with Crippen molar-refractivity contribution in [2.45, 2.75) is 46.1 Å². The molecule has 0 fully saturated rings. The normalized spacial score (nSPS) is 19.3. The number of carbonyl (C=O) groups is 2. The van der Waals surface area contributed by atoms with Crippen LogP contribution in [-0.2, 0) is 20.9 Å². The number of methoxy groups -OCH3 is 2. The minimum atomic E-state index is -0.470. The number of nitrogens with one attached hydrogen (secondary N) is 1. The van der Waals surface area contributed by atoms with Gasteiger partial charge in [-0.15, -0.1) is 0 Å². The molecule has 1 unspecified atom stereocenters. The van der Waals surface area contributed by atoms with Crippen molar-refractivity contribution in [2.75, 3.05) is 14.2 Å². The van der Waals surface area contributed by atoms with Crippen LogP contribution in [0.5, 0.6) is 11.5 Å². The minimum absolute atomic E-state index is 0.0671. The third-order valence-corrected chi connectivity index (χ3v) is 6.42. The zero-order chi connectivity index (χ0) is 24.5. The molecule has 0 saturated heterocycles. The molecular weight excluding hydrogens is 430 g/mol. The second-order valence-electron chi connectivity index (χ2n) is 9.63. The van der Waals surface area contributed by atoms with E-state index in [4.69, 9.17) is 14.2 Å². The number of carbonyl (C=O) groups excluding carboxylic acids is 2. The predicted molar refractivity (Wildman–Crippen MR) is 129 cm³/mol. The first kappa shape index (κ1) is 23.6. The van der Waals surface area contributed by atoms with Gasteiger partial charge in [-0.3, -0.25) is 4.79 Å². The van der Waals surface area contributed by atoms with Gasteiger partial charge in [0, 0.05) is 29.3 Å². The minimum Gasteiger partial charge on any atom is -0.497 e. The van der Waals surface area contributed by atoms with E-state index in [0.717, 1.165) is 34.7 Å². The number of dihydropyridines is 1. The second kappa shape index (κ2) is 9.37. The summed E-state index contributed by atoms with van der Waals surface area (Å²) in [4.78, 5) is 26.0. The summed E-state index contributed by atoms with van der Waals surface area (Å²) in [5.74, 6) is 0.674. The molecule has 2 aromatic rings. The van der Waals surface area contributed by atoms with Crippen LogP contribution in [-0.4, -0.2) is 26.0 Å². The number of esters is 1. The van der Waals surface area contributed by atoms with Gasteiger partial charge in [-0.05, 0) is 54.2 Å². The number of rotatable bonds is 6. The Morgan fingerprint density at radius 3 is 2.26 bits per heavy atom. The number of ether oxygens (including phenoxy) is 3. The maximum atomic E-state index is 13.3. The molecule has 178 valence electrons. The van der Waals surface area contributed by atoms with E-state index < -0.39 is 11.9 Å². The number of benzene rings is 2. The summed E-state index contributed by atoms with van der Waals surface area (Å²) < 4.78 is 16.2. The van der Waals surface area contributed by atoms with Gasteiger partial charge >= 0.3 is 5.97 Å². The highest BCUT2D eigenvalue weighted by Crippen LogP contribution is 2.46. The van der Waals surface area contributed by atoms with E-state index in [9.17, 15) is 9.59 Å². The molecule has 2 aromatic carbocycles. The number of ketones is 1. The van der Waals surface area contributed by atoms with Crippen molar-refractivity contribution in [3.63, 3.8) is 0 Å². The standard InChI is InChI=1S/C28H31NO5/c1-17-24(27(31)33-5)25(26-22(29-17)14-28(2,3)15-23(26)30)19-8-12-21(13-9-19)34-16-18-6-10-20(32-4)11-7-18/h6-13,25,29H,14-16H2,1-5H3. The molecule has 6 heteroatoms. The second-order valence-corrected chi connectivity index (χ2v) is 9.63. The fourth-order valence-electron chi connectivity index (χ4n) is 4.79. The molecule has 0 spiro atoms. The van der Waals surface area contributed by atoms with E-state index >= 15 is 0 Å². The van der Waals surface area contributed by atoms with Crippen molar-refractivity contribution in [3.8, 4) is 11.5 Å². The average Bonchev–Trinajstić information content (AvgIpc) is 2.81. The van der Waals surface area contributed by atoms with E-state index in [1.54, 1.807) is 7.11 Å². The summed E-state index contributed by atoms with van der Waals surface area (Å²) in [5, 5.41) is 3.33. The highest BCUT2D eigenvalue weighted by molar-refractivity contribution is 6.04. The zero-order valence-corrected chi connectivity index (χ0v) is 20.4. The van der Waals surface area contributed by atoms with Crippen molar-refractivity contribution >= 4 is 11.8 Å². The van der Waals surface area contributed by atoms with Gasteiger partial charge in [-0.1, -0.05) is 38.1 Å². The molecule has 4 rings (SSSR count). The Labute approximate surface area is 200 Å². The van der Waals surface area contributed by atoms with Crippen LogP contribution in [0.15, 0.2) is 71.1 Å². The molecule has 1 aliphatic carbocycles. The summed E-state index contributed by atoms with van der Waals surface area (Å²) in [6.45, 7) is 6.47. The van der Waals surface area contributed by atoms with E-state index in [0.29, 0.717) is 29.9 Å². The van der Waals surface area contributed by atoms with Crippen molar-refractivity contribution in [1.82, 2.24) is 5.32 Å². The SMILES string of the molecule is COC(=O)C1=C(C)NC2=C(C(=O)CC(C)(C)C2)C1c1ccc(OCc2ccc(OC)cc2)cc1. The lowest BCUT2D eigenvalue weighted by Gasteiger charge is -2.39. The first-order chi connectivity index (χ1) is 16.2. The summed E-state index contributed by atoms with van der Waals surface area (Å²) in [5.41, 5.74) is 4.52. The molecule has 0 bridgehead atoms. The lowest BCUT2D eigenvalue weighted by molar-refractivity contribution is -0.136. The molecule has 0 amide bonds. The summed E-state index contributed by atoms with van der Waals surface area (Å²) >= 11 is 0. The predicted octanol–water partition coefficient (Wildman–Crippen LogP) is 5.05. The van der Waals surface area contributed by atoms with Crippen molar-refractivity contribution in [3.05, 3.63) is 82.2 Å². The van der Waals surface area contributed by atoms with Gasteiger partial charge in [0.1, 0.15) is 18.1 Å². The van der Waals surface area contributed by atoms with Crippen LogP contribution >= 0.6 is 0 Å². The van der Waals surface area contributed by atoms with Gasteiger partial charge < -0.3 is 19.5 Å². The number of hydrogen-bond acceptors (Lipinski definition) is 6. The first-order valence-electron chi connectivity index (χ1n) is 11.4. The van der Waals surface area contributed by atoms with E-state index in [1.807, 2.05) is 55.5 Å². The van der Waals surface area contributed by atoms with E-state index in [2.05, 4.69) is 19.2 Å². The Balaban J connectivity index is 1.62. The largest absolute Gasteiger partial charge is 0.497 e. The molecule has 1 heterocycles. The molecular formula is C28H31NO5. The quantitative estimate of drug-likeness (QED) is 0.607. The van der Waals surface area contributed by atoms with Gasteiger partial charge in [0.2, 0.25) is 0 Å². The fraction of sp³-hybridized carbons (Fsp3) is 0.357. The van der Waals surface area contributed by atoms with Gasteiger partial charge in [0.05, 0.1) is 19.8 Å². The Morgan fingerprint density at radius 2 is 1.65 bits per heavy atom. The van der Waals surface area contributed by atoms with Crippen LogP contribution in [0.2, 0.25) is 0 Å². The third-order valence-electron chi connectivity index (χ3n) is 6.42. The van der Waals surface area contributed by atoms with E-state index in [1.165, 1.54) is 7.11 Å². The van der Waals surface area contributed by atoms with Crippen molar-refractivity contribution in [1.29, 1.82) is 0 Å². The van der Waals surface area contributed by atoms with Gasteiger partial charge in [0.25, 0.3) is 0 Å². The van der Waals surface area contributed by atoms with Gasteiger partial charge in [0.15, 0.2) is 5.78 Å². The fourth-order valence-corrected chi connectivity index (χ4v) is 4.79. The van der Waals surface area contributed by atoms with Crippen LogP contribution in [0.25, 0.3) is 0 Å². The molecule has 6 nitrogen and oxygen atoms in total. The number of allylic oxidation sites excluding steroid dienone is 3. The molecule has 1 atom stereocenters. The monoisotopic (exact) mass is 461 g/mol. The molecule has 0 aromatic heterocycles. The molecule has 0 radical (unpaired) electrons. The molecule has 2 aliphatic rings. The van der Waals surface area contributed by atoms with Gasteiger partial charge in [-0.25, -0.2) is 4.79 Å². The molecule has 1 aliphatic heterocycles.